The largest absolute Gasteiger partial charge is 0.351 e. The zero-order valence-corrected chi connectivity index (χ0v) is 11.1. The Morgan fingerprint density at radius 1 is 1.50 bits per heavy atom. The molecule has 0 atom stereocenters. The molecule has 0 unspecified atom stereocenters. The van der Waals surface area contributed by atoms with Crippen LogP contribution in [-0.4, -0.2) is 34.6 Å². The Morgan fingerprint density at radius 3 is 2.67 bits per heavy atom. The van der Waals surface area contributed by atoms with Crippen molar-refractivity contribution in [3.8, 4) is 0 Å². The number of hydrogen-bond acceptors (Lipinski definition) is 4. The fraction of sp³-hybridized carbons (Fsp3) is 0.692. The minimum atomic E-state index is -0.0569. The fourth-order valence-corrected chi connectivity index (χ4v) is 2.59. The molecule has 100 valence electrons. The van der Waals surface area contributed by atoms with Gasteiger partial charge in [0.15, 0.2) is 0 Å². The molecule has 1 heterocycles. The van der Waals surface area contributed by atoms with Crippen LogP contribution in [0.4, 0.5) is 0 Å². The second-order valence-corrected chi connectivity index (χ2v) is 4.99. The molecule has 1 amide bonds. The van der Waals surface area contributed by atoms with E-state index in [2.05, 4.69) is 5.16 Å². The summed E-state index contributed by atoms with van der Waals surface area (Å²) in [7, 11) is 0. The van der Waals surface area contributed by atoms with Gasteiger partial charge in [0.25, 0.3) is 5.91 Å². The van der Waals surface area contributed by atoms with Gasteiger partial charge in [-0.15, -0.1) is 0 Å². The molecule has 1 aliphatic carbocycles. The minimum absolute atomic E-state index is 0.0569. The number of nitrogens with zero attached hydrogens (tertiary/aromatic N) is 2. The Bertz CT molecular complexity index is 408. The van der Waals surface area contributed by atoms with E-state index in [1.807, 2.05) is 18.7 Å². The van der Waals surface area contributed by atoms with Gasteiger partial charge < -0.3 is 15.2 Å². The van der Waals surface area contributed by atoms with E-state index in [0.717, 1.165) is 31.4 Å². The molecule has 5 heteroatoms. The molecule has 1 fully saturated rings. The van der Waals surface area contributed by atoms with E-state index >= 15 is 0 Å². The van der Waals surface area contributed by atoms with Gasteiger partial charge in [-0.1, -0.05) is 5.16 Å². The molecule has 2 N–H and O–H groups in total. The average molecular weight is 251 g/mol. The molecule has 0 aromatic carbocycles. The smallest absolute Gasteiger partial charge is 0.292 e. The molecule has 2 rings (SSSR count). The van der Waals surface area contributed by atoms with Crippen LogP contribution in [0.3, 0.4) is 0 Å². The Kier molecular flexibility index (Phi) is 4.01. The highest BCUT2D eigenvalue weighted by Gasteiger charge is 2.28. The Labute approximate surface area is 107 Å². The predicted octanol–water partition coefficient (Wildman–Crippen LogP) is 1.72. The van der Waals surface area contributed by atoms with Gasteiger partial charge in [0, 0.05) is 24.7 Å². The first-order valence-corrected chi connectivity index (χ1v) is 6.61. The van der Waals surface area contributed by atoms with Gasteiger partial charge in [-0.3, -0.25) is 4.79 Å². The third kappa shape index (κ3) is 2.72. The normalized spacial score (nSPS) is 23.9. The van der Waals surface area contributed by atoms with Crippen LogP contribution in [0, 0.1) is 6.92 Å². The van der Waals surface area contributed by atoms with Crippen LogP contribution < -0.4 is 5.73 Å². The van der Waals surface area contributed by atoms with Gasteiger partial charge in [-0.25, -0.2) is 0 Å². The SMILES string of the molecule is CCN(C(=O)c1cc(C)no1)C1CCC(N)CC1. The van der Waals surface area contributed by atoms with Crippen LogP contribution in [0.2, 0.25) is 0 Å². The van der Waals surface area contributed by atoms with Crippen LogP contribution >= 0.6 is 0 Å². The highest BCUT2D eigenvalue weighted by Crippen LogP contribution is 2.23. The molecule has 1 aliphatic rings. The van der Waals surface area contributed by atoms with Gasteiger partial charge >= 0.3 is 0 Å². The van der Waals surface area contributed by atoms with Crippen molar-refractivity contribution in [1.29, 1.82) is 0 Å². The van der Waals surface area contributed by atoms with Gasteiger partial charge in [0.2, 0.25) is 5.76 Å². The maximum Gasteiger partial charge on any atom is 0.292 e. The van der Waals surface area contributed by atoms with Crippen molar-refractivity contribution >= 4 is 5.91 Å². The Morgan fingerprint density at radius 2 is 2.17 bits per heavy atom. The lowest BCUT2D eigenvalue weighted by molar-refractivity contribution is 0.0598. The van der Waals surface area contributed by atoms with Crippen molar-refractivity contribution in [2.75, 3.05) is 6.54 Å². The average Bonchev–Trinajstić information content (AvgIpc) is 2.79. The molecule has 0 aliphatic heterocycles. The molecule has 5 nitrogen and oxygen atoms in total. The third-order valence-corrected chi connectivity index (χ3v) is 3.62. The lowest BCUT2D eigenvalue weighted by atomic mass is 9.90. The number of nitrogens with two attached hydrogens (primary N) is 1. The van der Waals surface area contributed by atoms with Gasteiger partial charge in [-0.05, 0) is 39.5 Å². The Hall–Kier alpha value is -1.36. The second kappa shape index (κ2) is 5.52. The van der Waals surface area contributed by atoms with Crippen LogP contribution in [0.25, 0.3) is 0 Å². The van der Waals surface area contributed by atoms with E-state index in [1.165, 1.54) is 0 Å². The number of hydrogen-bond donors (Lipinski definition) is 1. The topological polar surface area (TPSA) is 72.4 Å². The van der Waals surface area contributed by atoms with Gasteiger partial charge in [-0.2, -0.15) is 0 Å². The van der Waals surface area contributed by atoms with E-state index in [-0.39, 0.29) is 11.9 Å². The monoisotopic (exact) mass is 251 g/mol. The fourth-order valence-electron chi connectivity index (χ4n) is 2.59. The van der Waals surface area contributed by atoms with Crippen molar-refractivity contribution in [2.24, 2.45) is 5.73 Å². The molecule has 1 aromatic heterocycles. The third-order valence-electron chi connectivity index (χ3n) is 3.62. The quantitative estimate of drug-likeness (QED) is 0.887. The summed E-state index contributed by atoms with van der Waals surface area (Å²) in [6, 6.07) is 2.27. The first-order chi connectivity index (χ1) is 8.61. The van der Waals surface area contributed by atoms with E-state index < -0.39 is 0 Å². The van der Waals surface area contributed by atoms with E-state index in [9.17, 15) is 4.79 Å². The second-order valence-electron chi connectivity index (χ2n) is 4.99. The molecule has 18 heavy (non-hydrogen) atoms. The predicted molar refractivity (Wildman–Crippen MR) is 68.2 cm³/mol. The summed E-state index contributed by atoms with van der Waals surface area (Å²) >= 11 is 0. The van der Waals surface area contributed by atoms with Crippen molar-refractivity contribution in [3.63, 3.8) is 0 Å². The molecular formula is C13H21N3O2. The summed E-state index contributed by atoms with van der Waals surface area (Å²) in [4.78, 5) is 14.2. The lowest BCUT2D eigenvalue weighted by Crippen LogP contribution is -2.44. The van der Waals surface area contributed by atoms with E-state index in [1.54, 1.807) is 6.07 Å². The number of rotatable bonds is 3. The number of aromatic nitrogens is 1. The van der Waals surface area contributed by atoms with Crippen molar-refractivity contribution in [2.45, 2.75) is 51.6 Å². The number of amides is 1. The maximum atomic E-state index is 12.3. The van der Waals surface area contributed by atoms with Crippen LogP contribution in [-0.2, 0) is 0 Å². The summed E-state index contributed by atoms with van der Waals surface area (Å²) in [5, 5.41) is 3.77. The number of carbonyl (C=O) groups is 1. The summed E-state index contributed by atoms with van der Waals surface area (Å²) in [6.07, 6.45) is 3.94. The van der Waals surface area contributed by atoms with Crippen LogP contribution in [0.5, 0.6) is 0 Å². The first kappa shape index (κ1) is 13.1. The van der Waals surface area contributed by atoms with Crippen molar-refractivity contribution in [3.05, 3.63) is 17.5 Å². The van der Waals surface area contributed by atoms with Crippen LogP contribution in [0.15, 0.2) is 10.6 Å². The van der Waals surface area contributed by atoms with Crippen molar-refractivity contribution < 1.29 is 9.32 Å². The molecular weight excluding hydrogens is 230 g/mol. The van der Waals surface area contributed by atoms with Gasteiger partial charge in [0.1, 0.15) is 0 Å². The molecule has 0 bridgehead atoms. The van der Waals surface area contributed by atoms with Gasteiger partial charge in [0.05, 0.1) is 5.69 Å². The minimum Gasteiger partial charge on any atom is -0.351 e. The van der Waals surface area contributed by atoms with Crippen LogP contribution in [0.1, 0.15) is 48.9 Å². The zero-order valence-electron chi connectivity index (χ0n) is 11.1. The summed E-state index contributed by atoms with van der Waals surface area (Å²) in [5.41, 5.74) is 6.63. The molecule has 0 radical (unpaired) electrons. The van der Waals surface area contributed by atoms with E-state index in [4.69, 9.17) is 10.3 Å². The maximum absolute atomic E-state index is 12.3. The standard InChI is InChI=1S/C13H21N3O2/c1-3-16(11-6-4-10(14)5-7-11)13(17)12-8-9(2)15-18-12/h8,10-11H,3-7,14H2,1-2H3. The summed E-state index contributed by atoms with van der Waals surface area (Å²) in [6.45, 7) is 4.50. The summed E-state index contributed by atoms with van der Waals surface area (Å²) in [5.74, 6) is 0.280. The molecule has 1 aromatic rings. The van der Waals surface area contributed by atoms with Crippen molar-refractivity contribution in [1.82, 2.24) is 10.1 Å². The first-order valence-electron chi connectivity index (χ1n) is 6.61. The Balaban J connectivity index is 2.06. The highest BCUT2D eigenvalue weighted by molar-refractivity contribution is 5.91. The molecule has 0 spiro atoms. The zero-order chi connectivity index (χ0) is 13.1. The molecule has 1 saturated carbocycles. The number of aryl methyl sites for hydroxylation is 1. The molecule has 0 saturated heterocycles. The number of carbonyl (C=O) groups excluding carboxylic acids is 1. The summed E-state index contributed by atoms with van der Waals surface area (Å²) < 4.78 is 5.05. The lowest BCUT2D eigenvalue weighted by Gasteiger charge is -2.34. The van der Waals surface area contributed by atoms with E-state index in [0.29, 0.717) is 18.3 Å². The highest BCUT2D eigenvalue weighted by atomic mass is 16.5.